The molecule has 0 radical (unpaired) electrons. The molecule has 0 unspecified atom stereocenters. The van der Waals surface area contributed by atoms with Crippen LogP contribution in [0, 0.1) is 5.92 Å². The summed E-state index contributed by atoms with van der Waals surface area (Å²) >= 11 is 0. The molecule has 1 atom stereocenters. The molecule has 0 saturated carbocycles. The average molecular weight is 436 g/mol. The summed E-state index contributed by atoms with van der Waals surface area (Å²) in [5, 5.41) is 6.67. The number of Topliss-reactive ketones (excluding diaryl/α,β-unsaturated/α-hetero) is 2. The Balaban J connectivity index is 2.18. The van der Waals surface area contributed by atoms with Crippen molar-refractivity contribution in [3.8, 4) is 0 Å². The van der Waals surface area contributed by atoms with E-state index in [1.54, 1.807) is 4.90 Å². The Morgan fingerprint density at radius 3 is 2.42 bits per heavy atom. The van der Waals surface area contributed by atoms with Crippen LogP contribution in [0.2, 0.25) is 0 Å². The first kappa shape index (κ1) is 25.5. The van der Waals surface area contributed by atoms with Gasteiger partial charge in [0.15, 0.2) is 11.6 Å². The summed E-state index contributed by atoms with van der Waals surface area (Å²) in [6.45, 7) is 10.6. The lowest BCUT2D eigenvalue weighted by atomic mass is 9.81. The zero-order valence-electron chi connectivity index (χ0n) is 20.0. The van der Waals surface area contributed by atoms with Crippen LogP contribution in [0.1, 0.15) is 73.1 Å². The molecule has 0 aromatic carbocycles. The van der Waals surface area contributed by atoms with Gasteiger partial charge < -0.3 is 9.64 Å². The molecule has 3 aliphatic rings. The molecule has 0 spiro atoms. The molecule has 0 aromatic rings. The normalized spacial score (nSPS) is 29.3. The van der Waals surface area contributed by atoms with Gasteiger partial charge in [0.1, 0.15) is 12.1 Å². The van der Waals surface area contributed by atoms with Gasteiger partial charge in [0.05, 0.1) is 25.2 Å². The predicted octanol–water partition coefficient (Wildman–Crippen LogP) is 3.23. The Bertz CT molecular complexity index is 668. The fourth-order valence-electron chi connectivity index (χ4n) is 4.51. The highest BCUT2D eigenvalue weighted by atomic mass is 16.6. The monoisotopic (exact) mass is 435 g/mol. The number of carbonyl (C=O) groups is 3. The Hall–Kier alpha value is -1.73. The maximum atomic E-state index is 13.3. The zero-order chi connectivity index (χ0) is 23.1. The molecule has 1 saturated heterocycles. The Kier molecular flexibility index (Phi) is 9.25. The minimum atomic E-state index is -0.802. The lowest BCUT2D eigenvalue weighted by molar-refractivity contribution is -0.133. The molecule has 176 valence electrons. The highest BCUT2D eigenvalue weighted by Crippen LogP contribution is 2.26. The Morgan fingerprint density at radius 2 is 1.77 bits per heavy atom. The van der Waals surface area contributed by atoms with Crippen molar-refractivity contribution in [1.82, 2.24) is 15.5 Å². The van der Waals surface area contributed by atoms with E-state index in [4.69, 9.17) is 4.74 Å². The van der Waals surface area contributed by atoms with Crippen molar-refractivity contribution in [2.24, 2.45) is 5.92 Å². The first-order chi connectivity index (χ1) is 14.6. The van der Waals surface area contributed by atoms with E-state index >= 15 is 0 Å². The van der Waals surface area contributed by atoms with E-state index in [9.17, 15) is 14.4 Å². The van der Waals surface area contributed by atoms with Gasteiger partial charge in [-0.15, -0.1) is 0 Å². The molecular formula is C24H41N3O4. The summed E-state index contributed by atoms with van der Waals surface area (Å²) in [6, 6.07) is 0.0894. The van der Waals surface area contributed by atoms with Gasteiger partial charge in [0, 0.05) is 12.0 Å². The minimum Gasteiger partial charge on any atom is -0.445 e. The molecule has 1 fully saturated rings. The standard InChI is InChI=1S/C24H41N3O4/c1-18(2)21(29)23(5)13-11-9-7-6-8-10-12-14-31-22(30)27-16-24(17-27,26-19(3)4)20(28)15-25-23/h10,12,18-19,25-26H,6-9,11,13-17H2,1-5H3/t23-/m0/s1. The van der Waals surface area contributed by atoms with Crippen LogP contribution < -0.4 is 10.6 Å². The number of hydrogen-bond acceptors (Lipinski definition) is 6. The van der Waals surface area contributed by atoms with Crippen molar-refractivity contribution < 1.29 is 19.1 Å². The molecule has 1 amide bonds. The first-order valence-electron chi connectivity index (χ1n) is 11.8. The van der Waals surface area contributed by atoms with E-state index < -0.39 is 17.2 Å². The van der Waals surface area contributed by atoms with Crippen LogP contribution in [0.4, 0.5) is 4.79 Å². The minimum absolute atomic E-state index is 0.0194. The van der Waals surface area contributed by atoms with Crippen LogP contribution in [0.25, 0.3) is 0 Å². The summed E-state index contributed by atoms with van der Waals surface area (Å²) < 4.78 is 5.31. The van der Waals surface area contributed by atoms with Gasteiger partial charge >= 0.3 is 6.09 Å². The second kappa shape index (κ2) is 11.2. The third kappa shape index (κ3) is 6.88. The fourth-order valence-corrected chi connectivity index (χ4v) is 4.51. The molecule has 3 aliphatic heterocycles. The van der Waals surface area contributed by atoms with E-state index in [-0.39, 0.29) is 49.8 Å². The average Bonchev–Trinajstić information content (AvgIpc) is 2.68. The third-order valence-corrected chi connectivity index (χ3v) is 6.25. The van der Waals surface area contributed by atoms with Crippen LogP contribution in [-0.2, 0) is 14.3 Å². The number of ether oxygens (including phenoxy) is 1. The lowest BCUT2D eigenvalue weighted by Gasteiger charge is -2.49. The molecule has 2 bridgehead atoms. The number of amides is 1. The van der Waals surface area contributed by atoms with Crippen LogP contribution in [0.5, 0.6) is 0 Å². The molecule has 3 rings (SSSR count). The number of hydrogen-bond donors (Lipinski definition) is 2. The zero-order valence-corrected chi connectivity index (χ0v) is 20.0. The van der Waals surface area contributed by atoms with E-state index in [1.807, 2.05) is 40.7 Å². The van der Waals surface area contributed by atoms with Gasteiger partial charge in [0.2, 0.25) is 0 Å². The smallest absolute Gasteiger partial charge is 0.410 e. The quantitative estimate of drug-likeness (QED) is 0.659. The van der Waals surface area contributed by atoms with Crippen molar-refractivity contribution in [3.63, 3.8) is 0 Å². The van der Waals surface area contributed by atoms with Crippen LogP contribution in [-0.4, -0.2) is 65.9 Å². The van der Waals surface area contributed by atoms with Crippen LogP contribution >= 0.6 is 0 Å². The SMILES string of the molecule is CC(C)NC12CN(C1)C(=O)OCC=CCCCCCC[C@@](C)(C(=O)C(C)C)NCC2=O. The number of ketones is 2. The number of nitrogens with zero attached hydrogens (tertiary/aromatic N) is 1. The lowest BCUT2D eigenvalue weighted by Crippen LogP contribution is -2.76. The molecule has 0 aliphatic carbocycles. The largest absolute Gasteiger partial charge is 0.445 e. The van der Waals surface area contributed by atoms with Crippen LogP contribution in [0.15, 0.2) is 12.2 Å². The maximum absolute atomic E-state index is 13.3. The van der Waals surface area contributed by atoms with Gasteiger partial charge in [-0.1, -0.05) is 45.3 Å². The maximum Gasteiger partial charge on any atom is 0.410 e. The van der Waals surface area contributed by atoms with Gasteiger partial charge in [-0.05, 0) is 40.0 Å². The highest BCUT2D eigenvalue weighted by molar-refractivity contribution is 5.95. The molecule has 7 heteroatoms. The molecule has 3 heterocycles. The van der Waals surface area contributed by atoms with Crippen molar-refractivity contribution in [2.45, 2.75) is 90.3 Å². The van der Waals surface area contributed by atoms with E-state index in [0.29, 0.717) is 0 Å². The molecular weight excluding hydrogens is 394 g/mol. The van der Waals surface area contributed by atoms with Crippen molar-refractivity contribution >= 4 is 17.7 Å². The second-order valence-corrected chi connectivity index (χ2v) is 9.87. The third-order valence-electron chi connectivity index (χ3n) is 6.25. The number of carbonyl (C=O) groups excluding carboxylic acids is 3. The number of rotatable bonds is 4. The summed E-state index contributed by atoms with van der Waals surface area (Å²) in [7, 11) is 0. The topological polar surface area (TPSA) is 87.7 Å². The molecule has 7 nitrogen and oxygen atoms in total. The Labute approximate surface area is 187 Å². The second-order valence-electron chi connectivity index (χ2n) is 9.87. The highest BCUT2D eigenvalue weighted by Gasteiger charge is 2.51. The van der Waals surface area contributed by atoms with E-state index in [1.165, 1.54) is 0 Å². The summed E-state index contributed by atoms with van der Waals surface area (Å²) in [4.78, 5) is 40.1. The van der Waals surface area contributed by atoms with Gasteiger partial charge in [0.25, 0.3) is 0 Å². The molecule has 0 aromatic heterocycles. The fraction of sp³-hybridized carbons (Fsp3) is 0.792. The summed E-state index contributed by atoms with van der Waals surface area (Å²) in [6.07, 6.45) is 9.36. The number of allylic oxidation sites excluding steroid dienone is 1. The predicted molar refractivity (Wildman–Crippen MR) is 122 cm³/mol. The van der Waals surface area contributed by atoms with Crippen LogP contribution in [0.3, 0.4) is 0 Å². The van der Waals surface area contributed by atoms with E-state index in [0.717, 1.165) is 38.5 Å². The van der Waals surface area contributed by atoms with E-state index in [2.05, 4.69) is 16.7 Å². The molecule has 31 heavy (non-hydrogen) atoms. The van der Waals surface area contributed by atoms with Crippen molar-refractivity contribution in [2.75, 3.05) is 26.2 Å². The van der Waals surface area contributed by atoms with Crippen molar-refractivity contribution in [1.29, 1.82) is 0 Å². The number of fused-ring (bicyclic) bond motifs is 13. The number of nitrogens with one attached hydrogen (secondary N) is 2. The molecule has 2 N–H and O–H groups in total. The van der Waals surface area contributed by atoms with Crippen molar-refractivity contribution in [3.05, 3.63) is 12.2 Å². The summed E-state index contributed by atoms with van der Waals surface area (Å²) in [5.41, 5.74) is -1.53. The Morgan fingerprint density at radius 1 is 1.10 bits per heavy atom. The summed E-state index contributed by atoms with van der Waals surface area (Å²) in [5.74, 6) is 0.0173. The van der Waals surface area contributed by atoms with Gasteiger partial charge in [-0.25, -0.2) is 4.79 Å². The van der Waals surface area contributed by atoms with Gasteiger partial charge in [-0.2, -0.15) is 0 Å². The first-order valence-corrected chi connectivity index (χ1v) is 11.8. The van der Waals surface area contributed by atoms with Gasteiger partial charge in [-0.3, -0.25) is 20.2 Å².